The standard InChI is InChI=1S/C33H42N6O5S/c1-5-44-25-9-11-26(12-10-25)45(42,43)37-16-14-23(15-17-37)35-28-18-24(8-13-27(28)31(34)40)39-29-19-33(3,4)38(20-22-6-7-22)32(41)30(29)21(2)36-39/h8-13,18,22-23,35H,5-7,14-17,19-20H2,1-4H3,(H2,34,40). The van der Waals surface area contributed by atoms with Crippen molar-refractivity contribution in [1.29, 1.82) is 0 Å². The van der Waals surface area contributed by atoms with E-state index >= 15 is 0 Å². The molecule has 12 heteroatoms. The lowest BCUT2D eigenvalue weighted by molar-refractivity contribution is 0.0487. The monoisotopic (exact) mass is 634 g/mol. The SMILES string of the molecule is CCOc1ccc(S(=O)(=O)N2CCC(Nc3cc(-n4nc(C)c5c4CC(C)(C)N(CC4CC4)C5=O)ccc3C(N)=O)CC2)cc1. The average molecular weight is 635 g/mol. The maximum atomic E-state index is 13.7. The summed E-state index contributed by atoms with van der Waals surface area (Å²) in [6.07, 6.45) is 4.10. The summed E-state index contributed by atoms with van der Waals surface area (Å²) in [6, 6.07) is 11.8. The predicted molar refractivity (Wildman–Crippen MR) is 171 cm³/mol. The minimum Gasteiger partial charge on any atom is -0.494 e. The molecule has 3 N–H and O–H groups in total. The van der Waals surface area contributed by atoms with Crippen molar-refractivity contribution >= 4 is 27.5 Å². The van der Waals surface area contributed by atoms with Crippen LogP contribution in [0, 0.1) is 12.8 Å². The first-order valence-electron chi connectivity index (χ1n) is 15.7. The van der Waals surface area contributed by atoms with Gasteiger partial charge in [0.05, 0.1) is 39.7 Å². The van der Waals surface area contributed by atoms with E-state index in [0.717, 1.165) is 17.9 Å². The number of aryl methyl sites for hydroxylation is 1. The zero-order chi connectivity index (χ0) is 32.1. The van der Waals surface area contributed by atoms with Gasteiger partial charge in [0.2, 0.25) is 10.0 Å². The Morgan fingerprint density at radius 2 is 1.78 bits per heavy atom. The number of hydrogen-bond acceptors (Lipinski definition) is 7. The van der Waals surface area contributed by atoms with Gasteiger partial charge in [-0.2, -0.15) is 9.40 Å². The largest absolute Gasteiger partial charge is 0.494 e. The Hall–Kier alpha value is -3.90. The molecular weight excluding hydrogens is 592 g/mol. The summed E-state index contributed by atoms with van der Waals surface area (Å²) < 4.78 is 35.4. The van der Waals surface area contributed by atoms with Crippen molar-refractivity contribution in [3.05, 3.63) is 65.0 Å². The molecule has 3 heterocycles. The lowest BCUT2D eigenvalue weighted by Gasteiger charge is -2.42. The van der Waals surface area contributed by atoms with E-state index in [-0.39, 0.29) is 22.4 Å². The van der Waals surface area contributed by atoms with Gasteiger partial charge in [-0.3, -0.25) is 9.59 Å². The number of nitrogens with one attached hydrogen (secondary N) is 1. The molecule has 0 bridgehead atoms. The zero-order valence-corrected chi connectivity index (χ0v) is 27.2. The first-order chi connectivity index (χ1) is 21.4. The van der Waals surface area contributed by atoms with Crippen LogP contribution in [0.4, 0.5) is 5.69 Å². The molecule has 240 valence electrons. The first-order valence-corrected chi connectivity index (χ1v) is 17.2. The molecule has 11 nitrogen and oxygen atoms in total. The van der Waals surface area contributed by atoms with Crippen LogP contribution in [0.15, 0.2) is 47.4 Å². The van der Waals surface area contributed by atoms with Crippen LogP contribution in [0.5, 0.6) is 5.75 Å². The third-order valence-electron chi connectivity index (χ3n) is 9.18. The Labute approximate surface area is 264 Å². The lowest BCUT2D eigenvalue weighted by Crippen LogP contribution is -2.53. The summed E-state index contributed by atoms with van der Waals surface area (Å²) in [5, 5.41) is 8.26. The van der Waals surface area contributed by atoms with Crippen LogP contribution in [-0.2, 0) is 16.4 Å². The molecule has 6 rings (SSSR count). The quantitative estimate of drug-likeness (QED) is 0.342. The molecule has 3 aliphatic rings. The number of amides is 2. The maximum Gasteiger partial charge on any atom is 0.258 e. The molecule has 1 saturated carbocycles. The van der Waals surface area contributed by atoms with E-state index < -0.39 is 15.9 Å². The van der Waals surface area contributed by atoms with Gasteiger partial charge in [0, 0.05) is 43.3 Å². The van der Waals surface area contributed by atoms with Gasteiger partial charge < -0.3 is 20.7 Å². The van der Waals surface area contributed by atoms with Crippen LogP contribution in [0.25, 0.3) is 5.69 Å². The highest BCUT2D eigenvalue weighted by Crippen LogP contribution is 2.38. The molecule has 2 aliphatic heterocycles. The third-order valence-corrected chi connectivity index (χ3v) is 11.1. The molecule has 0 atom stereocenters. The van der Waals surface area contributed by atoms with Crippen LogP contribution < -0.4 is 15.8 Å². The summed E-state index contributed by atoms with van der Waals surface area (Å²) in [7, 11) is -3.65. The Morgan fingerprint density at radius 1 is 1.09 bits per heavy atom. The summed E-state index contributed by atoms with van der Waals surface area (Å²) in [4.78, 5) is 28.4. The molecule has 0 unspecified atom stereocenters. The Balaban J connectivity index is 1.21. The van der Waals surface area contributed by atoms with E-state index in [2.05, 4.69) is 19.2 Å². The van der Waals surface area contributed by atoms with Gasteiger partial charge in [-0.1, -0.05) is 0 Å². The fraction of sp³-hybridized carbons (Fsp3) is 0.485. The van der Waals surface area contributed by atoms with Gasteiger partial charge in [0.1, 0.15) is 5.75 Å². The maximum absolute atomic E-state index is 13.7. The van der Waals surface area contributed by atoms with Gasteiger partial charge in [0.25, 0.3) is 11.8 Å². The first kappa shape index (κ1) is 31.1. The number of carbonyl (C=O) groups is 2. The molecule has 1 saturated heterocycles. The second-order valence-corrected chi connectivity index (χ2v) is 14.9. The molecule has 45 heavy (non-hydrogen) atoms. The molecule has 2 amide bonds. The Kier molecular flexibility index (Phi) is 8.15. The Bertz CT molecular complexity index is 1720. The molecule has 1 aromatic heterocycles. The second-order valence-electron chi connectivity index (χ2n) is 13.0. The number of nitrogens with two attached hydrogens (primary N) is 1. The van der Waals surface area contributed by atoms with Crippen LogP contribution in [-0.4, -0.2) is 77.0 Å². The van der Waals surface area contributed by atoms with Gasteiger partial charge in [-0.05, 0) is 102 Å². The summed E-state index contributed by atoms with van der Waals surface area (Å²) in [5.41, 5.74) is 9.23. The topological polar surface area (TPSA) is 140 Å². The number of hydrogen-bond donors (Lipinski definition) is 2. The molecule has 3 aromatic rings. The van der Waals surface area contributed by atoms with E-state index in [0.29, 0.717) is 73.1 Å². The van der Waals surface area contributed by atoms with Crippen molar-refractivity contribution < 1.29 is 22.7 Å². The number of piperidine rings is 1. The number of rotatable bonds is 10. The van der Waals surface area contributed by atoms with E-state index in [1.165, 1.54) is 17.1 Å². The van der Waals surface area contributed by atoms with Crippen LogP contribution in [0.2, 0.25) is 0 Å². The number of benzene rings is 2. The van der Waals surface area contributed by atoms with Crippen molar-refractivity contribution in [3.8, 4) is 11.4 Å². The number of nitrogens with zero attached hydrogens (tertiary/aromatic N) is 4. The fourth-order valence-electron chi connectivity index (χ4n) is 6.52. The number of ether oxygens (including phenoxy) is 1. The number of sulfonamides is 1. The molecule has 0 spiro atoms. The summed E-state index contributed by atoms with van der Waals surface area (Å²) in [6.45, 7) is 9.91. The van der Waals surface area contributed by atoms with E-state index in [9.17, 15) is 18.0 Å². The number of anilines is 1. The number of carbonyl (C=O) groups excluding carboxylic acids is 2. The zero-order valence-electron chi connectivity index (χ0n) is 26.4. The average Bonchev–Trinajstić information content (AvgIpc) is 3.77. The smallest absolute Gasteiger partial charge is 0.258 e. The highest BCUT2D eigenvalue weighted by atomic mass is 32.2. The summed E-state index contributed by atoms with van der Waals surface area (Å²) in [5.74, 6) is 0.670. The fourth-order valence-corrected chi connectivity index (χ4v) is 7.99. The van der Waals surface area contributed by atoms with E-state index in [1.807, 2.05) is 29.5 Å². The predicted octanol–water partition coefficient (Wildman–Crippen LogP) is 4.13. The highest BCUT2D eigenvalue weighted by molar-refractivity contribution is 7.89. The highest BCUT2D eigenvalue weighted by Gasteiger charge is 2.43. The normalized spacial score (nSPS) is 18.9. The van der Waals surface area contributed by atoms with Crippen LogP contribution in [0.1, 0.15) is 78.6 Å². The minimum absolute atomic E-state index is 0.0240. The van der Waals surface area contributed by atoms with Crippen molar-refractivity contribution in [2.45, 2.75) is 76.3 Å². The number of fused-ring (bicyclic) bond motifs is 1. The number of primary amides is 1. The van der Waals surface area contributed by atoms with E-state index in [4.69, 9.17) is 15.6 Å². The van der Waals surface area contributed by atoms with E-state index in [1.54, 1.807) is 36.4 Å². The van der Waals surface area contributed by atoms with Gasteiger partial charge in [-0.25, -0.2) is 13.1 Å². The molecule has 2 aromatic carbocycles. The molecule has 0 radical (unpaired) electrons. The van der Waals surface area contributed by atoms with Gasteiger partial charge >= 0.3 is 0 Å². The molecular formula is C33H42N6O5S. The number of aromatic nitrogens is 2. The summed E-state index contributed by atoms with van der Waals surface area (Å²) >= 11 is 0. The van der Waals surface area contributed by atoms with Gasteiger partial charge in [-0.15, -0.1) is 0 Å². The Morgan fingerprint density at radius 3 is 2.40 bits per heavy atom. The third kappa shape index (κ3) is 6.05. The second kappa shape index (κ2) is 11.8. The van der Waals surface area contributed by atoms with Crippen LogP contribution in [0.3, 0.4) is 0 Å². The van der Waals surface area contributed by atoms with Gasteiger partial charge in [0.15, 0.2) is 0 Å². The minimum atomic E-state index is -3.65. The van der Waals surface area contributed by atoms with Crippen molar-refractivity contribution in [2.75, 3.05) is 31.6 Å². The van der Waals surface area contributed by atoms with Crippen molar-refractivity contribution in [2.24, 2.45) is 11.7 Å². The van der Waals surface area contributed by atoms with Crippen molar-refractivity contribution in [3.63, 3.8) is 0 Å². The molecule has 2 fully saturated rings. The lowest BCUT2D eigenvalue weighted by atomic mass is 9.87. The molecule has 1 aliphatic carbocycles. The van der Waals surface area contributed by atoms with Crippen molar-refractivity contribution in [1.82, 2.24) is 19.0 Å². The van der Waals surface area contributed by atoms with Crippen LogP contribution >= 0.6 is 0 Å².